The topological polar surface area (TPSA) is 9.23 Å². The number of hydrogen-bond donors (Lipinski definition) is 0. The van der Waals surface area contributed by atoms with Crippen molar-refractivity contribution >= 4 is 31.9 Å². The van der Waals surface area contributed by atoms with Crippen molar-refractivity contribution in [3.05, 3.63) is 32.8 Å². The van der Waals surface area contributed by atoms with Crippen LogP contribution in [0.4, 0.5) is 0 Å². The van der Waals surface area contributed by atoms with Gasteiger partial charge in [0.2, 0.25) is 0 Å². The SMILES string of the molecule is Cc1cc(Br)c(C)c2c1CCOCC2Br. The molecule has 3 heteroatoms. The van der Waals surface area contributed by atoms with Gasteiger partial charge in [-0.3, -0.25) is 0 Å². The van der Waals surface area contributed by atoms with Gasteiger partial charge in [-0.25, -0.2) is 0 Å². The van der Waals surface area contributed by atoms with Crippen LogP contribution in [-0.2, 0) is 11.2 Å². The molecule has 1 unspecified atom stereocenters. The lowest BCUT2D eigenvalue weighted by atomic mass is 9.94. The van der Waals surface area contributed by atoms with E-state index in [1.807, 2.05) is 0 Å². The van der Waals surface area contributed by atoms with Gasteiger partial charge in [0.25, 0.3) is 0 Å². The molecule has 1 aromatic rings. The van der Waals surface area contributed by atoms with E-state index in [2.05, 4.69) is 51.8 Å². The molecule has 0 spiro atoms. The van der Waals surface area contributed by atoms with Crippen LogP contribution in [0, 0.1) is 13.8 Å². The molecule has 0 fully saturated rings. The molecule has 82 valence electrons. The van der Waals surface area contributed by atoms with Gasteiger partial charge in [0, 0.05) is 4.47 Å². The van der Waals surface area contributed by atoms with E-state index in [1.165, 1.54) is 26.7 Å². The van der Waals surface area contributed by atoms with E-state index >= 15 is 0 Å². The zero-order valence-corrected chi connectivity index (χ0v) is 12.1. The van der Waals surface area contributed by atoms with Crippen LogP contribution in [0.2, 0.25) is 0 Å². The van der Waals surface area contributed by atoms with E-state index in [4.69, 9.17) is 4.74 Å². The fraction of sp³-hybridized carbons (Fsp3) is 0.500. The average Bonchev–Trinajstić information content (AvgIpc) is 2.37. The highest BCUT2D eigenvalue weighted by atomic mass is 79.9. The van der Waals surface area contributed by atoms with Crippen molar-refractivity contribution < 1.29 is 4.74 Å². The van der Waals surface area contributed by atoms with Crippen LogP contribution in [0.25, 0.3) is 0 Å². The standard InChI is InChI=1S/C12H14Br2O/c1-7-5-10(13)8(2)12-9(7)3-4-15-6-11(12)14/h5,11H,3-4,6H2,1-2H3. The zero-order valence-electron chi connectivity index (χ0n) is 8.94. The maximum Gasteiger partial charge on any atom is 0.0634 e. The summed E-state index contributed by atoms with van der Waals surface area (Å²) in [7, 11) is 0. The molecule has 15 heavy (non-hydrogen) atoms. The summed E-state index contributed by atoms with van der Waals surface area (Å²) in [6, 6.07) is 2.21. The molecular weight excluding hydrogens is 320 g/mol. The third kappa shape index (κ3) is 2.15. The Labute approximate surface area is 107 Å². The fourth-order valence-corrected chi connectivity index (χ4v) is 3.52. The Morgan fingerprint density at radius 3 is 2.87 bits per heavy atom. The van der Waals surface area contributed by atoms with Crippen LogP contribution in [0.1, 0.15) is 27.1 Å². The number of ether oxygens (including phenoxy) is 1. The molecule has 1 atom stereocenters. The number of alkyl halides is 1. The first-order valence-electron chi connectivity index (χ1n) is 5.11. The van der Waals surface area contributed by atoms with Crippen LogP contribution in [0.15, 0.2) is 10.5 Å². The monoisotopic (exact) mass is 332 g/mol. The highest BCUT2D eigenvalue weighted by Crippen LogP contribution is 2.37. The first-order chi connectivity index (χ1) is 7.11. The lowest BCUT2D eigenvalue weighted by molar-refractivity contribution is 0.145. The van der Waals surface area contributed by atoms with Crippen LogP contribution in [0.5, 0.6) is 0 Å². The smallest absolute Gasteiger partial charge is 0.0634 e. The van der Waals surface area contributed by atoms with Gasteiger partial charge in [-0.2, -0.15) is 0 Å². The summed E-state index contributed by atoms with van der Waals surface area (Å²) < 4.78 is 6.78. The highest BCUT2D eigenvalue weighted by molar-refractivity contribution is 9.10. The number of rotatable bonds is 0. The average molecular weight is 334 g/mol. The van der Waals surface area contributed by atoms with E-state index in [0.717, 1.165) is 19.6 Å². The molecule has 0 aliphatic carbocycles. The number of aryl methyl sites for hydroxylation is 1. The number of halogens is 2. The first kappa shape index (κ1) is 11.6. The molecule has 1 aliphatic rings. The predicted molar refractivity (Wildman–Crippen MR) is 69.8 cm³/mol. The van der Waals surface area contributed by atoms with Crippen LogP contribution < -0.4 is 0 Å². The largest absolute Gasteiger partial charge is 0.380 e. The summed E-state index contributed by atoms with van der Waals surface area (Å²) in [6.07, 6.45) is 1.03. The van der Waals surface area contributed by atoms with Gasteiger partial charge >= 0.3 is 0 Å². The van der Waals surface area contributed by atoms with E-state index < -0.39 is 0 Å². The Bertz CT molecular complexity index is 388. The summed E-state index contributed by atoms with van der Waals surface area (Å²) >= 11 is 7.33. The zero-order chi connectivity index (χ0) is 11.0. The summed E-state index contributed by atoms with van der Waals surface area (Å²) in [5.74, 6) is 0. The van der Waals surface area contributed by atoms with Crippen LogP contribution in [0.3, 0.4) is 0 Å². The highest BCUT2D eigenvalue weighted by Gasteiger charge is 2.21. The van der Waals surface area contributed by atoms with Crippen molar-refractivity contribution in [2.24, 2.45) is 0 Å². The molecule has 0 bridgehead atoms. The lowest BCUT2D eigenvalue weighted by Gasteiger charge is -2.17. The summed E-state index contributed by atoms with van der Waals surface area (Å²) in [5, 5.41) is 0. The minimum atomic E-state index is 0.325. The summed E-state index contributed by atoms with van der Waals surface area (Å²) in [5.41, 5.74) is 5.56. The van der Waals surface area contributed by atoms with Crippen molar-refractivity contribution in [3.63, 3.8) is 0 Å². The quantitative estimate of drug-likeness (QED) is 0.650. The van der Waals surface area contributed by atoms with Crippen molar-refractivity contribution in [3.8, 4) is 0 Å². The van der Waals surface area contributed by atoms with E-state index in [-0.39, 0.29) is 0 Å². The third-order valence-corrected chi connectivity index (χ3v) is 4.53. The van der Waals surface area contributed by atoms with Crippen molar-refractivity contribution in [1.29, 1.82) is 0 Å². The first-order valence-corrected chi connectivity index (χ1v) is 6.82. The lowest BCUT2D eigenvalue weighted by Crippen LogP contribution is -2.03. The Hall–Kier alpha value is 0.140. The molecule has 0 amide bonds. The van der Waals surface area contributed by atoms with E-state index in [0.29, 0.717) is 4.83 Å². The summed E-state index contributed by atoms with van der Waals surface area (Å²) in [6.45, 7) is 5.94. The molecule has 1 aromatic carbocycles. The maximum absolute atomic E-state index is 5.58. The fourth-order valence-electron chi connectivity index (χ4n) is 2.15. The van der Waals surface area contributed by atoms with Crippen molar-refractivity contribution in [1.82, 2.24) is 0 Å². The second kappa shape index (κ2) is 4.56. The van der Waals surface area contributed by atoms with Gasteiger partial charge in [0.15, 0.2) is 0 Å². The van der Waals surface area contributed by atoms with Crippen LogP contribution in [-0.4, -0.2) is 13.2 Å². The van der Waals surface area contributed by atoms with Gasteiger partial charge in [0.05, 0.1) is 18.0 Å². The minimum absolute atomic E-state index is 0.325. The normalized spacial score (nSPS) is 20.9. The van der Waals surface area contributed by atoms with Crippen LogP contribution >= 0.6 is 31.9 Å². The molecule has 0 saturated heterocycles. The molecule has 0 N–H and O–H groups in total. The number of benzene rings is 1. The van der Waals surface area contributed by atoms with E-state index in [1.54, 1.807) is 0 Å². The number of fused-ring (bicyclic) bond motifs is 1. The second-order valence-electron chi connectivity index (χ2n) is 3.98. The molecule has 0 radical (unpaired) electrons. The molecule has 2 rings (SSSR count). The Kier molecular flexibility index (Phi) is 3.53. The van der Waals surface area contributed by atoms with Gasteiger partial charge in [0.1, 0.15) is 0 Å². The maximum atomic E-state index is 5.58. The van der Waals surface area contributed by atoms with Gasteiger partial charge < -0.3 is 4.74 Å². The Morgan fingerprint density at radius 2 is 2.13 bits per heavy atom. The van der Waals surface area contributed by atoms with Crippen molar-refractivity contribution in [2.75, 3.05) is 13.2 Å². The molecule has 1 heterocycles. The molecular formula is C12H14Br2O. The number of hydrogen-bond acceptors (Lipinski definition) is 1. The second-order valence-corrected chi connectivity index (χ2v) is 5.94. The minimum Gasteiger partial charge on any atom is -0.380 e. The molecule has 0 aromatic heterocycles. The molecule has 1 aliphatic heterocycles. The Balaban J connectivity index is 2.63. The molecule has 0 saturated carbocycles. The van der Waals surface area contributed by atoms with E-state index in [9.17, 15) is 0 Å². The predicted octanol–water partition coefficient (Wildman–Crippen LogP) is 4.07. The summed E-state index contributed by atoms with van der Waals surface area (Å²) in [4.78, 5) is 0.325. The molecule has 1 nitrogen and oxygen atoms in total. The van der Waals surface area contributed by atoms with Gasteiger partial charge in [-0.05, 0) is 48.6 Å². The van der Waals surface area contributed by atoms with Gasteiger partial charge in [-0.15, -0.1) is 0 Å². The van der Waals surface area contributed by atoms with Crippen molar-refractivity contribution in [2.45, 2.75) is 25.1 Å². The third-order valence-electron chi connectivity index (χ3n) is 2.98. The Morgan fingerprint density at radius 1 is 1.40 bits per heavy atom. The van der Waals surface area contributed by atoms with Gasteiger partial charge in [-0.1, -0.05) is 31.9 Å².